The molecule has 15 heavy (non-hydrogen) atoms. The number of nitrogens with zero attached hydrogens (tertiary/aromatic N) is 1. The molecule has 2 aromatic rings. The van der Waals surface area contributed by atoms with Crippen LogP contribution in [0.5, 0.6) is 0 Å². The maximum Gasteiger partial charge on any atom is 0.214 e. The maximum atomic E-state index is 11.8. The number of aryl methyl sites for hydroxylation is 1. The van der Waals surface area contributed by atoms with E-state index < -0.39 is 7.14 Å². The van der Waals surface area contributed by atoms with Gasteiger partial charge in [0.05, 0.1) is 10.6 Å². The Morgan fingerprint density at radius 1 is 1.40 bits per heavy atom. The van der Waals surface area contributed by atoms with Crippen molar-refractivity contribution < 1.29 is 8.98 Å². The van der Waals surface area contributed by atoms with E-state index in [9.17, 15) is 4.57 Å². The molecular weight excluding hydrogens is 277 g/mol. The fraction of sp³-hybridized carbons (Fsp3) is 0.100. The van der Waals surface area contributed by atoms with Gasteiger partial charge in [-0.15, -0.1) is 0 Å². The molecular formula is C10H5BrNO2P. The first-order chi connectivity index (χ1) is 7.14. The quantitative estimate of drug-likeness (QED) is 0.499. The van der Waals surface area contributed by atoms with Crippen molar-refractivity contribution >= 4 is 39.2 Å². The van der Waals surface area contributed by atoms with Crippen LogP contribution in [-0.4, -0.2) is 4.98 Å². The molecule has 0 saturated heterocycles. The number of rotatable bonds is 1. The van der Waals surface area contributed by atoms with Crippen molar-refractivity contribution in [1.82, 2.24) is 4.98 Å². The van der Waals surface area contributed by atoms with Crippen LogP contribution in [0.2, 0.25) is 0 Å². The van der Waals surface area contributed by atoms with Crippen LogP contribution in [0.1, 0.15) is 5.69 Å². The van der Waals surface area contributed by atoms with Gasteiger partial charge in [-0.3, -0.25) is 0 Å². The van der Waals surface area contributed by atoms with Gasteiger partial charge in [0.25, 0.3) is 0 Å². The Balaban J connectivity index is 1.99. The smallest absolute Gasteiger partial charge is 0.214 e. The molecule has 0 amide bonds. The van der Waals surface area contributed by atoms with Crippen molar-refractivity contribution in [1.29, 1.82) is 0 Å². The summed E-state index contributed by atoms with van der Waals surface area (Å²) in [6, 6.07) is 3.86. The number of furan rings is 1. The summed E-state index contributed by atoms with van der Waals surface area (Å²) in [6.45, 7) is 1.93. The highest BCUT2D eigenvalue weighted by Crippen LogP contribution is 2.70. The minimum Gasteiger partial charge on any atom is -0.449 e. The number of aromatic nitrogens is 1. The fourth-order valence-electron chi connectivity index (χ4n) is 1.96. The minimum absolute atomic E-state index is 0.707. The van der Waals surface area contributed by atoms with Crippen LogP contribution >= 0.6 is 23.1 Å². The Kier molecular flexibility index (Phi) is 1.18. The van der Waals surface area contributed by atoms with Crippen molar-refractivity contribution in [3.63, 3.8) is 0 Å². The minimum atomic E-state index is -2.12. The van der Waals surface area contributed by atoms with Gasteiger partial charge in [-0.1, -0.05) is 0 Å². The monoisotopic (exact) mass is 281 g/mol. The van der Waals surface area contributed by atoms with E-state index in [0.717, 1.165) is 32.0 Å². The highest BCUT2D eigenvalue weighted by molar-refractivity contribution is 9.10. The molecule has 3 aliphatic heterocycles. The summed E-state index contributed by atoms with van der Waals surface area (Å²) >= 11 is 3.43. The number of fused-ring (bicyclic) bond motifs is 1. The molecule has 0 fully saturated rings. The Labute approximate surface area is 94.0 Å². The van der Waals surface area contributed by atoms with Crippen molar-refractivity contribution in [2.45, 2.75) is 6.92 Å². The second-order valence-corrected chi connectivity index (χ2v) is 7.20. The summed E-state index contributed by atoms with van der Waals surface area (Å²) in [5.41, 5.74) is 2.42. The molecule has 0 radical (unpaired) electrons. The van der Waals surface area contributed by atoms with E-state index in [1.807, 2.05) is 19.1 Å². The Hall–Kier alpha value is -0.860. The van der Waals surface area contributed by atoms with Gasteiger partial charge < -0.3 is 8.98 Å². The molecule has 1 unspecified atom stereocenters. The summed E-state index contributed by atoms with van der Waals surface area (Å²) in [5.74, 6) is 0.707. The molecule has 74 valence electrons. The zero-order chi connectivity index (χ0) is 10.4. The van der Waals surface area contributed by atoms with E-state index in [2.05, 4.69) is 20.9 Å². The predicted molar refractivity (Wildman–Crippen MR) is 60.9 cm³/mol. The Bertz CT molecular complexity index is 680. The molecule has 5 rings (SSSR count). The number of halogens is 1. The van der Waals surface area contributed by atoms with Gasteiger partial charge in [0.15, 0.2) is 11.3 Å². The van der Waals surface area contributed by atoms with Crippen LogP contribution in [-0.2, 0) is 4.57 Å². The van der Waals surface area contributed by atoms with Gasteiger partial charge >= 0.3 is 0 Å². The molecule has 3 nitrogen and oxygen atoms in total. The number of hydrogen-bond donors (Lipinski definition) is 0. The van der Waals surface area contributed by atoms with E-state index >= 15 is 0 Å². The molecule has 0 N–H and O–H groups in total. The van der Waals surface area contributed by atoms with Gasteiger partial charge in [0.1, 0.15) is 5.69 Å². The van der Waals surface area contributed by atoms with Crippen LogP contribution in [0.4, 0.5) is 0 Å². The third-order valence-corrected chi connectivity index (χ3v) is 6.05. The summed E-state index contributed by atoms with van der Waals surface area (Å²) in [5, 5.41) is 1.91. The molecule has 2 aromatic heterocycles. The lowest BCUT2D eigenvalue weighted by molar-refractivity contribution is 0.590. The fourth-order valence-corrected chi connectivity index (χ4v) is 4.84. The van der Waals surface area contributed by atoms with E-state index in [4.69, 9.17) is 4.42 Å². The standard InChI is InChI=1S/C10H5BrNO2P/c1-4-2-3-5(11)6(12-4)7-8-9-10(14-7)15(8,9)13/h2-3H,1H3. The first-order valence-corrected chi connectivity index (χ1v) is 7.06. The first kappa shape index (κ1) is 8.31. The highest BCUT2D eigenvalue weighted by atomic mass is 79.9. The lowest BCUT2D eigenvalue weighted by Crippen LogP contribution is -1.97. The number of pyridine rings is 1. The van der Waals surface area contributed by atoms with Gasteiger partial charge in [0, 0.05) is 10.2 Å². The van der Waals surface area contributed by atoms with E-state index in [1.54, 1.807) is 0 Å². The number of hydrogen-bond acceptors (Lipinski definition) is 3. The van der Waals surface area contributed by atoms with Crippen LogP contribution < -0.4 is 16.1 Å². The van der Waals surface area contributed by atoms with E-state index in [0.29, 0.717) is 5.76 Å². The van der Waals surface area contributed by atoms with E-state index in [1.165, 1.54) is 0 Å². The molecule has 5 heterocycles. The molecule has 0 aliphatic carbocycles. The summed E-state index contributed by atoms with van der Waals surface area (Å²) in [6.07, 6.45) is 0. The first-order valence-electron chi connectivity index (χ1n) is 4.56. The third kappa shape index (κ3) is 0.766. The molecule has 0 spiro atoms. The van der Waals surface area contributed by atoms with Gasteiger partial charge in [-0.2, -0.15) is 0 Å². The lowest BCUT2D eigenvalue weighted by Gasteiger charge is -2.00. The van der Waals surface area contributed by atoms with Crippen molar-refractivity contribution in [3.05, 3.63) is 22.3 Å². The summed E-state index contributed by atoms with van der Waals surface area (Å²) < 4.78 is 18.2. The van der Waals surface area contributed by atoms with Gasteiger partial charge in [-0.25, -0.2) is 4.98 Å². The Morgan fingerprint density at radius 3 is 2.73 bits per heavy atom. The Morgan fingerprint density at radius 2 is 2.13 bits per heavy atom. The average Bonchev–Trinajstić information content (AvgIpc) is 2.87. The normalized spacial score (nSPS) is 23.9. The zero-order valence-corrected chi connectivity index (χ0v) is 10.2. The van der Waals surface area contributed by atoms with Gasteiger partial charge in [0.2, 0.25) is 7.14 Å². The average molecular weight is 282 g/mol. The van der Waals surface area contributed by atoms with Crippen molar-refractivity contribution in [2.75, 3.05) is 0 Å². The van der Waals surface area contributed by atoms with E-state index in [-0.39, 0.29) is 0 Å². The van der Waals surface area contributed by atoms with Crippen LogP contribution in [0.3, 0.4) is 0 Å². The third-order valence-electron chi connectivity index (χ3n) is 2.86. The molecule has 0 saturated carbocycles. The molecule has 5 heteroatoms. The van der Waals surface area contributed by atoms with Crippen LogP contribution in [0.15, 0.2) is 21.0 Å². The summed E-state index contributed by atoms with van der Waals surface area (Å²) in [4.78, 5) is 4.40. The predicted octanol–water partition coefficient (Wildman–Crippen LogP) is 1.68. The molecule has 3 aliphatic rings. The summed E-state index contributed by atoms with van der Waals surface area (Å²) in [7, 11) is -2.12. The topological polar surface area (TPSA) is 43.1 Å². The highest BCUT2D eigenvalue weighted by Gasteiger charge is 2.74. The van der Waals surface area contributed by atoms with Crippen LogP contribution in [0, 0.1) is 6.92 Å². The maximum absolute atomic E-state index is 11.8. The second-order valence-electron chi connectivity index (χ2n) is 3.83. The van der Waals surface area contributed by atoms with Gasteiger partial charge in [-0.05, 0) is 35.0 Å². The molecule has 1 atom stereocenters. The largest absolute Gasteiger partial charge is 0.449 e. The lowest BCUT2D eigenvalue weighted by atomic mass is 10.2. The SMILES string of the molecule is Cc1ccc(Br)c(-c2oc3c4c2P34=O)n1. The van der Waals surface area contributed by atoms with Crippen molar-refractivity contribution in [2.24, 2.45) is 0 Å². The van der Waals surface area contributed by atoms with Crippen LogP contribution in [0.25, 0.3) is 11.5 Å². The molecule has 0 aromatic carbocycles. The second kappa shape index (κ2) is 2.13. The van der Waals surface area contributed by atoms with Crippen molar-refractivity contribution in [3.8, 4) is 11.5 Å². The molecule has 2 bridgehead atoms. The zero-order valence-electron chi connectivity index (χ0n) is 7.74.